The van der Waals surface area contributed by atoms with Gasteiger partial charge in [-0.1, -0.05) is 61.6 Å². The Hall–Kier alpha value is -0.790. The fraction of sp³-hybridized carbons (Fsp3) is 0.500. The van der Waals surface area contributed by atoms with Crippen LogP contribution in [0, 0.1) is 0 Å². The Bertz CT molecular complexity index is 329. The molecule has 0 heterocycles. The lowest BCUT2D eigenvalue weighted by molar-refractivity contribution is 0.282. The third-order valence-electron chi connectivity index (χ3n) is 2.96. The second-order valence-corrected chi connectivity index (χ2v) is 5.02. The Morgan fingerprint density at radius 1 is 0.889 bits per heavy atom. The van der Waals surface area contributed by atoms with Crippen LogP contribution in [-0.4, -0.2) is 11.7 Å². The van der Waals surface area contributed by atoms with Gasteiger partial charge < -0.3 is 5.11 Å². The summed E-state index contributed by atoms with van der Waals surface area (Å²) in [6, 6.07) is 7.91. The molecule has 0 saturated heterocycles. The van der Waals surface area contributed by atoms with E-state index in [0.717, 1.165) is 24.3 Å². The van der Waals surface area contributed by atoms with Gasteiger partial charge in [-0.2, -0.15) is 0 Å². The third kappa shape index (κ3) is 7.52. The monoisotopic (exact) mass is 266 g/mol. The molecule has 0 amide bonds. The van der Waals surface area contributed by atoms with E-state index in [0.29, 0.717) is 6.61 Å². The topological polar surface area (TPSA) is 20.2 Å². The summed E-state index contributed by atoms with van der Waals surface area (Å²) in [6.07, 6.45) is 12.7. The maximum absolute atomic E-state index is 8.65. The lowest BCUT2D eigenvalue weighted by Gasteiger charge is -1.99. The largest absolute Gasteiger partial charge is 0.396 e. The molecule has 1 aromatic carbocycles. The Balaban J connectivity index is 2.02. The summed E-state index contributed by atoms with van der Waals surface area (Å²) in [7, 11) is 0. The molecule has 0 aliphatic heterocycles. The van der Waals surface area contributed by atoms with Gasteiger partial charge in [0.25, 0.3) is 0 Å². The molecule has 0 unspecified atom stereocenters. The van der Waals surface area contributed by atoms with Gasteiger partial charge in [-0.15, -0.1) is 0 Å². The fourth-order valence-corrected chi connectivity index (χ4v) is 2.00. The lowest BCUT2D eigenvalue weighted by atomic mass is 10.1. The van der Waals surface area contributed by atoms with E-state index in [1.807, 2.05) is 24.3 Å². The molecule has 18 heavy (non-hydrogen) atoms. The van der Waals surface area contributed by atoms with Gasteiger partial charge in [0.05, 0.1) is 0 Å². The molecule has 2 heteroatoms. The van der Waals surface area contributed by atoms with E-state index >= 15 is 0 Å². The SMILES string of the molecule is OCCCCCCCCC=Cc1ccc(Cl)cc1. The number of benzene rings is 1. The zero-order valence-electron chi connectivity index (χ0n) is 10.9. The summed E-state index contributed by atoms with van der Waals surface area (Å²) in [4.78, 5) is 0. The van der Waals surface area contributed by atoms with Gasteiger partial charge in [0.15, 0.2) is 0 Å². The molecular weight excluding hydrogens is 244 g/mol. The molecule has 0 radical (unpaired) electrons. The van der Waals surface area contributed by atoms with Crippen LogP contribution in [0.2, 0.25) is 5.02 Å². The highest BCUT2D eigenvalue weighted by Gasteiger charge is 1.90. The molecule has 0 aliphatic rings. The van der Waals surface area contributed by atoms with Crippen LogP contribution in [0.5, 0.6) is 0 Å². The number of hydrogen-bond acceptors (Lipinski definition) is 1. The van der Waals surface area contributed by atoms with E-state index in [9.17, 15) is 0 Å². The van der Waals surface area contributed by atoms with Crippen LogP contribution < -0.4 is 0 Å². The van der Waals surface area contributed by atoms with Crippen LogP contribution in [0.4, 0.5) is 0 Å². The number of allylic oxidation sites excluding steroid dienone is 1. The van der Waals surface area contributed by atoms with Crippen LogP contribution in [0.25, 0.3) is 6.08 Å². The van der Waals surface area contributed by atoms with Crippen molar-refractivity contribution in [1.82, 2.24) is 0 Å². The van der Waals surface area contributed by atoms with Crippen LogP contribution in [-0.2, 0) is 0 Å². The van der Waals surface area contributed by atoms with Gasteiger partial charge in [-0.25, -0.2) is 0 Å². The number of rotatable bonds is 9. The summed E-state index contributed by atoms with van der Waals surface area (Å²) >= 11 is 5.83. The summed E-state index contributed by atoms with van der Waals surface area (Å²) in [5.41, 5.74) is 1.21. The molecule has 0 bridgehead atoms. The molecule has 100 valence electrons. The Morgan fingerprint density at radius 3 is 2.17 bits per heavy atom. The second-order valence-electron chi connectivity index (χ2n) is 4.59. The molecule has 0 spiro atoms. The predicted octanol–water partition coefficient (Wildman–Crippen LogP) is 5.08. The summed E-state index contributed by atoms with van der Waals surface area (Å²) < 4.78 is 0. The van der Waals surface area contributed by atoms with Crippen molar-refractivity contribution < 1.29 is 5.11 Å². The fourth-order valence-electron chi connectivity index (χ4n) is 1.87. The molecule has 1 rings (SSSR count). The Morgan fingerprint density at radius 2 is 1.50 bits per heavy atom. The van der Waals surface area contributed by atoms with Gasteiger partial charge in [0.1, 0.15) is 0 Å². The number of halogens is 1. The maximum atomic E-state index is 8.65. The van der Waals surface area contributed by atoms with E-state index in [1.54, 1.807) is 0 Å². The zero-order valence-corrected chi connectivity index (χ0v) is 11.7. The molecule has 1 N–H and O–H groups in total. The first-order valence-electron chi connectivity index (χ1n) is 6.86. The predicted molar refractivity (Wildman–Crippen MR) is 79.9 cm³/mol. The minimum Gasteiger partial charge on any atom is -0.396 e. The van der Waals surface area contributed by atoms with Crippen molar-refractivity contribution in [3.8, 4) is 0 Å². The smallest absolute Gasteiger partial charge is 0.0431 e. The van der Waals surface area contributed by atoms with Crippen molar-refractivity contribution in [1.29, 1.82) is 0 Å². The molecule has 0 aliphatic carbocycles. The average Bonchev–Trinajstić information content (AvgIpc) is 2.39. The minimum atomic E-state index is 0.337. The zero-order chi connectivity index (χ0) is 13.1. The molecule has 1 nitrogen and oxygen atoms in total. The van der Waals surface area contributed by atoms with Gasteiger partial charge in [-0.3, -0.25) is 0 Å². The highest BCUT2D eigenvalue weighted by atomic mass is 35.5. The van der Waals surface area contributed by atoms with Crippen molar-refractivity contribution in [3.05, 3.63) is 40.9 Å². The van der Waals surface area contributed by atoms with E-state index < -0.39 is 0 Å². The first-order chi connectivity index (χ1) is 8.83. The first kappa shape index (κ1) is 15.3. The summed E-state index contributed by atoms with van der Waals surface area (Å²) in [5, 5.41) is 9.43. The lowest BCUT2D eigenvalue weighted by Crippen LogP contribution is -1.83. The van der Waals surface area contributed by atoms with Crippen molar-refractivity contribution in [3.63, 3.8) is 0 Å². The molecule has 0 saturated carbocycles. The molecule has 1 aromatic rings. The maximum Gasteiger partial charge on any atom is 0.0431 e. The standard InChI is InChI=1S/C16H23ClO/c17-16-12-10-15(11-13-16)9-7-5-3-1-2-4-6-8-14-18/h7,9-13,18H,1-6,8,14H2. The third-order valence-corrected chi connectivity index (χ3v) is 3.21. The average molecular weight is 267 g/mol. The van der Waals surface area contributed by atoms with Crippen LogP contribution in [0.15, 0.2) is 30.3 Å². The van der Waals surface area contributed by atoms with Crippen molar-refractivity contribution in [2.45, 2.75) is 44.9 Å². The van der Waals surface area contributed by atoms with Crippen molar-refractivity contribution in [2.75, 3.05) is 6.61 Å². The quantitative estimate of drug-likeness (QED) is 0.618. The van der Waals surface area contributed by atoms with Crippen LogP contribution >= 0.6 is 11.6 Å². The highest BCUT2D eigenvalue weighted by molar-refractivity contribution is 6.30. The summed E-state index contributed by atoms with van der Waals surface area (Å²) in [6.45, 7) is 0.337. The molecule has 0 fully saturated rings. The van der Waals surface area contributed by atoms with Crippen molar-refractivity contribution in [2.24, 2.45) is 0 Å². The number of unbranched alkanes of at least 4 members (excludes halogenated alkanes) is 6. The Labute approximate surface area is 115 Å². The van der Waals surface area contributed by atoms with Gasteiger partial charge in [0, 0.05) is 11.6 Å². The van der Waals surface area contributed by atoms with Crippen molar-refractivity contribution >= 4 is 17.7 Å². The molecule has 0 atom stereocenters. The van der Waals surface area contributed by atoms with E-state index in [-0.39, 0.29) is 0 Å². The number of aliphatic hydroxyl groups excluding tert-OH is 1. The van der Waals surface area contributed by atoms with Crippen LogP contribution in [0.3, 0.4) is 0 Å². The van der Waals surface area contributed by atoms with Gasteiger partial charge >= 0.3 is 0 Å². The van der Waals surface area contributed by atoms with Gasteiger partial charge in [-0.05, 0) is 37.0 Å². The minimum absolute atomic E-state index is 0.337. The van der Waals surface area contributed by atoms with E-state index in [1.165, 1.54) is 31.2 Å². The molecular formula is C16H23ClO. The number of hydrogen-bond donors (Lipinski definition) is 1. The first-order valence-corrected chi connectivity index (χ1v) is 7.23. The van der Waals surface area contributed by atoms with E-state index in [2.05, 4.69) is 12.2 Å². The molecule has 0 aromatic heterocycles. The van der Waals surface area contributed by atoms with Crippen LogP contribution in [0.1, 0.15) is 50.5 Å². The van der Waals surface area contributed by atoms with Gasteiger partial charge in [0.2, 0.25) is 0 Å². The summed E-state index contributed by atoms with van der Waals surface area (Å²) in [5.74, 6) is 0. The normalized spacial score (nSPS) is 11.2. The second kappa shape index (κ2) is 10.2. The number of aliphatic hydroxyl groups is 1. The highest BCUT2D eigenvalue weighted by Crippen LogP contribution is 2.12. The Kier molecular flexibility index (Phi) is 8.62. The van der Waals surface area contributed by atoms with E-state index in [4.69, 9.17) is 16.7 Å².